The highest BCUT2D eigenvalue weighted by Gasteiger charge is 2.34. The molecule has 0 fully saturated rings. The molecule has 0 aromatic carbocycles. The third kappa shape index (κ3) is 4.75. The van der Waals surface area contributed by atoms with E-state index in [9.17, 15) is 13.2 Å². The molecule has 1 aromatic rings. The molecule has 0 amide bonds. The fourth-order valence-corrected chi connectivity index (χ4v) is 3.11. The maximum atomic E-state index is 12.3. The zero-order valence-electron chi connectivity index (χ0n) is 12.2. The highest BCUT2D eigenvalue weighted by Crippen LogP contribution is 2.33. The molecule has 1 rings (SSSR count). The van der Waals surface area contributed by atoms with E-state index in [4.69, 9.17) is 5.73 Å². The quantitative estimate of drug-likeness (QED) is 0.818. The van der Waals surface area contributed by atoms with Crippen molar-refractivity contribution in [1.29, 1.82) is 0 Å². The summed E-state index contributed by atoms with van der Waals surface area (Å²) in [5, 5.41) is 2.00. The molecule has 0 aliphatic heterocycles. The largest absolute Gasteiger partial charge is 0.389 e. The number of nitrogens with two attached hydrogens (primary N) is 1. The Morgan fingerprint density at radius 2 is 2.00 bits per heavy atom. The van der Waals surface area contributed by atoms with Crippen LogP contribution in [0, 0.1) is 0 Å². The monoisotopic (exact) mass is 308 g/mol. The number of hydrogen-bond donors (Lipinski definition) is 1. The van der Waals surface area contributed by atoms with E-state index >= 15 is 0 Å². The Bertz CT molecular complexity index is 392. The summed E-state index contributed by atoms with van der Waals surface area (Å²) in [7, 11) is 1.94. The van der Waals surface area contributed by atoms with Crippen molar-refractivity contribution in [2.45, 2.75) is 50.9 Å². The molecule has 20 heavy (non-hydrogen) atoms. The molecule has 6 heteroatoms. The van der Waals surface area contributed by atoms with Crippen molar-refractivity contribution >= 4 is 11.3 Å². The van der Waals surface area contributed by atoms with Gasteiger partial charge in [0, 0.05) is 29.4 Å². The highest BCUT2D eigenvalue weighted by molar-refractivity contribution is 7.10. The van der Waals surface area contributed by atoms with E-state index in [1.54, 1.807) is 11.3 Å². The van der Waals surface area contributed by atoms with Gasteiger partial charge in [0.05, 0.1) is 0 Å². The van der Waals surface area contributed by atoms with Gasteiger partial charge >= 0.3 is 6.18 Å². The molecule has 116 valence electrons. The Labute approximate surface area is 122 Å². The van der Waals surface area contributed by atoms with Crippen molar-refractivity contribution in [3.8, 4) is 0 Å². The molecule has 2 nitrogen and oxygen atoms in total. The van der Waals surface area contributed by atoms with E-state index in [2.05, 4.69) is 11.8 Å². The van der Waals surface area contributed by atoms with Crippen molar-refractivity contribution in [2.24, 2.45) is 5.73 Å². The first-order valence-electron chi connectivity index (χ1n) is 6.73. The van der Waals surface area contributed by atoms with E-state index < -0.39 is 18.1 Å². The predicted molar refractivity (Wildman–Crippen MR) is 77.9 cm³/mol. The second kappa shape index (κ2) is 6.91. The lowest BCUT2D eigenvalue weighted by Crippen LogP contribution is -2.50. The Kier molecular flexibility index (Phi) is 6.04. The average Bonchev–Trinajstić information content (AvgIpc) is 2.89. The molecular formula is C14H23F3N2S. The molecule has 2 N–H and O–H groups in total. The van der Waals surface area contributed by atoms with Gasteiger partial charge in [-0.05, 0) is 45.2 Å². The summed E-state index contributed by atoms with van der Waals surface area (Å²) in [6.07, 6.45) is -4.29. The third-order valence-corrected chi connectivity index (χ3v) is 5.05. The lowest BCUT2D eigenvalue weighted by molar-refractivity contribution is -0.137. The van der Waals surface area contributed by atoms with Crippen molar-refractivity contribution in [3.05, 3.63) is 22.4 Å². The van der Waals surface area contributed by atoms with Crippen LogP contribution < -0.4 is 5.73 Å². The smallest absolute Gasteiger partial charge is 0.329 e. The SMILES string of the molecule is CC(c1cccs1)N(C)C(C)(CN)CCCC(F)(F)F. The van der Waals surface area contributed by atoms with Crippen LogP contribution in [-0.4, -0.2) is 30.2 Å². The molecule has 0 aliphatic carbocycles. The summed E-state index contributed by atoms with van der Waals surface area (Å²) >= 11 is 1.65. The first-order chi connectivity index (χ1) is 9.19. The third-order valence-electron chi connectivity index (χ3n) is 4.00. The molecule has 2 unspecified atom stereocenters. The van der Waals surface area contributed by atoms with Crippen LogP contribution in [0.2, 0.25) is 0 Å². The van der Waals surface area contributed by atoms with E-state index in [1.807, 2.05) is 31.5 Å². The van der Waals surface area contributed by atoms with Crippen LogP contribution >= 0.6 is 11.3 Å². The van der Waals surface area contributed by atoms with Crippen LogP contribution in [0.15, 0.2) is 17.5 Å². The molecule has 2 atom stereocenters. The molecule has 0 radical (unpaired) electrons. The van der Waals surface area contributed by atoms with Crippen LogP contribution in [0.5, 0.6) is 0 Å². The van der Waals surface area contributed by atoms with Crippen molar-refractivity contribution in [3.63, 3.8) is 0 Å². The van der Waals surface area contributed by atoms with Gasteiger partial charge in [0.25, 0.3) is 0 Å². The number of thiophene rings is 1. The molecule has 1 heterocycles. The normalized spacial score (nSPS) is 17.2. The van der Waals surface area contributed by atoms with Gasteiger partial charge in [0.15, 0.2) is 0 Å². The van der Waals surface area contributed by atoms with Gasteiger partial charge < -0.3 is 5.73 Å². The van der Waals surface area contributed by atoms with Gasteiger partial charge in [0.2, 0.25) is 0 Å². The molecule has 0 saturated heterocycles. The van der Waals surface area contributed by atoms with Crippen LogP contribution in [-0.2, 0) is 0 Å². The van der Waals surface area contributed by atoms with Gasteiger partial charge in [-0.15, -0.1) is 11.3 Å². The van der Waals surface area contributed by atoms with E-state index in [0.717, 1.165) is 0 Å². The standard InChI is InChI=1S/C14H23F3N2S/c1-11(12-6-4-9-20-12)19(3)13(2,10-18)7-5-8-14(15,16)17/h4,6,9,11H,5,7-8,10,18H2,1-3H3. The molecule has 0 spiro atoms. The predicted octanol–water partition coefficient (Wildman–Crippen LogP) is 4.19. The molecule has 0 aliphatic rings. The summed E-state index contributed by atoms with van der Waals surface area (Å²) in [4.78, 5) is 3.29. The molecular weight excluding hydrogens is 285 g/mol. The van der Waals surface area contributed by atoms with Gasteiger partial charge in [-0.25, -0.2) is 0 Å². The maximum absolute atomic E-state index is 12.3. The van der Waals surface area contributed by atoms with Crippen molar-refractivity contribution < 1.29 is 13.2 Å². The first-order valence-corrected chi connectivity index (χ1v) is 7.61. The van der Waals surface area contributed by atoms with Gasteiger partial charge in [-0.3, -0.25) is 4.90 Å². The average molecular weight is 308 g/mol. The number of alkyl halides is 3. The number of likely N-dealkylation sites (N-methyl/N-ethyl adjacent to an activating group) is 1. The fraction of sp³-hybridized carbons (Fsp3) is 0.714. The van der Waals surface area contributed by atoms with Crippen LogP contribution in [0.4, 0.5) is 13.2 Å². The molecule has 0 saturated carbocycles. The number of nitrogens with zero attached hydrogens (tertiary/aromatic N) is 1. The van der Waals surface area contributed by atoms with Crippen LogP contribution in [0.1, 0.15) is 44.0 Å². The zero-order chi connectivity index (χ0) is 15.4. The summed E-state index contributed by atoms with van der Waals surface area (Å²) in [5.74, 6) is 0. The summed E-state index contributed by atoms with van der Waals surface area (Å²) in [6.45, 7) is 4.34. The van der Waals surface area contributed by atoms with E-state index in [1.165, 1.54) is 4.88 Å². The van der Waals surface area contributed by atoms with Gasteiger partial charge in [-0.1, -0.05) is 6.07 Å². The maximum Gasteiger partial charge on any atom is 0.389 e. The summed E-state index contributed by atoms with van der Waals surface area (Å²) in [5.41, 5.74) is 5.41. The second-order valence-corrected chi connectivity index (χ2v) is 6.45. The number of halogens is 3. The summed E-state index contributed by atoms with van der Waals surface area (Å²) in [6, 6.07) is 4.17. The Balaban J connectivity index is 2.67. The molecule has 1 aromatic heterocycles. The van der Waals surface area contributed by atoms with Crippen molar-refractivity contribution in [2.75, 3.05) is 13.6 Å². The topological polar surface area (TPSA) is 29.3 Å². The van der Waals surface area contributed by atoms with Gasteiger partial charge in [0.1, 0.15) is 0 Å². The molecule has 0 bridgehead atoms. The Morgan fingerprint density at radius 1 is 1.35 bits per heavy atom. The van der Waals surface area contributed by atoms with Gasteiger partial charge in [-0.2, -0.15) is 13.2 Å². The minimum Gasteiger partial charge on any atom is -0.329 e. The number of rotatable bonds is 7. The minimum absolute atomic E-state index is 0.110. The summed E-state index contributed by atoms with van der Waals surface area (Å²) < 4.78 is 36.8. The highest BCUT2D eigenvalue weighted by atomic mass is 32.1. The Hall–Kier alpha value is -0.590. The Morgan fingerprint density at radius 3 is 2.45 bits per heavy atom. The van der Waals surface area contributed by atoms with Crippen LogP contribution in [0.25, 0.3) is 0 Å². The van der Waals surface area contributed by atoms with Crippen molar-refractivity contribution in [1.82, 2.24) is 4.90 Å². The minimum atomic E-state index is -4.09. The lowest BCUT2D eigenvalue weighted by Gasteiger charge is -2.42. The number of hydrogen-bond acceptors (Lipinski definition) is 3. The fourth-order valence-electron chi connectivity index (χ4n) is 2.28. The second-order valence-electron chi connectivity index (χ2n) is 5.47. The van der Waals surface area contributed by atoms with Crippen LogP contribution in [0.3, 0.4) is 0 Å². The van der Waals surface area contributed by atoms with E-state index in [0.29, 0.717) is 13.0 Å². The zero-order valence-corrected chi connectivity index (χ0v) is 13.0. The van der Waals surface area contributed by atoms with E-state index in [-0.39, 0.29) is 12.5 Å². The first kappa shape index (κ1) is 17.5. The lowest BCUT2D eigenvalue weighted by atomic mass is 9.91.